The number of rotatable bonds is 2. The molecule has 5 heteroatoms. The molecule has 0 aromatic rings. The molecule has 4 nitrogen and oxygen atoms in total. The fourth-order valence-electron chi connectivity index (χ4n) is 1.54. The molecular weight excluding hydrogens is 250 g/mol. The second kappa shape index (κ2) is 5.43. The van der Waals surface area contributed by atoms with E-state index in [1.165, 1.54) is 0 Å². The first-order chi connectivity index (χ1) is 8.07. The molecule has 0 fully saturated rings. The van der Waals surface area contributed by atoms with Crippen LogP contribution in [0.1, 0.15) is 27.2 Å². The van der Waals surface area contributed by atoms with Crippen molar-refractivity contribution in [2.45, 2.75) is 32.8 Å². The van der Waals surface area contributed by atoms with Gasteiger partial charge in [-0.25, -0.2) is 4.79 Å². The number of carbonyl (C=O) groups is 1. The molecule has 0 N–H and O–H groups in total. The molecule has 0 radical (unpaired) electrons. The number of nitrogens with zero attached hydrogens (tertiary/aromatic N) is 1. The number of hydrogen-bond acceptors (Lipinski definition) is 3. The van der Waals surface area contributed by atoms with Crippen LogP contribution in [0.5, 0.6) is 0 Å². The molecule has 0 unspecified atom stereocenters. The molecule has 0 aromatic carbocycles. The van der Waals surface area contributed by atoms with Gasteiger partial charge < -0.3 is 13.8 Å². The topological polar surface area (TPSA) is 38.8 Å². The Morgan fingerprint density at radius 1 is 1.33 bits per heavy atom. The Morgan fingerprint density at radius 3 is 2.33 bits per heavy atom. The first kappa shape index (κ1) is 15.2. The van der Waals surface area contributed by atoms with Gasteiger partial charge in [0.1, 0.15) is 11.4 Å². The highest BCUT2D eigenvalue weighted by molar-refractivity contribution is 8.28. The van der Waals surface area contributed by atoms with E-state index in [1.54, 1.807) is 4.90 Å². The molecule has 0 saturated heterocycles. The molecule has 0 bridgehead atoms. The van der Waals surface area contributed by atoms with E-state index in [4.69, 9.17) is 8.92 Å². The molecule has 0 aliphatic carbocycles. The van der Waals surface area contributed by atoms with Gasteiger partial charge in [-0.3, -0.25) is 0 Å². The highest BCUT2D eigenvalue weighted by Crippen LogP contribution is 2.40. The van der Waals surface area contributed by atoms with Crippen LogP contribution in [0.25, 0.3) is 0 Å². The molecule has 1 rings (SSSR count). The van der Waals surface area contributed by atoms with Crippen LogP contribution in [-0.2, 0) is 8.92 Å². The summed E-state index contributed by atoms with van der Waals surface area (Å²) in [5.41, 5.74) is -0.437. The van der Waals surface area contributed by atoms with Gasteiger partial charge in [0.15, 0.2) is 0 Å². The van der Waals surface area contributed by atoms with Gasteiger partial charge in [-0.2, -0.15) is 0 Å². The summed E-state index contributed by atoms with van der Waals surface area (Å²) < 4.78 is 11.2. The lowest BCUT2D eigenvalue weighted by atomic mass is 10.2. The van der Waals surface area contributed by atoms with Crippen LogP contribution >= 0.6 is 10.3 Å². The van der Waals surface area contributed by atoms with Crippen LogP contribution < -0.4 is 0 Å². The van der Waals surface area contributed by atoms with Crippen molar-refractivity contribution in [2.24, 2.45) is 0 Å². The minimum Gasteiger partial charge on any atom is -0.454 e. The maximum absolute atomic E-state index is 11.8. The second-order valence-corrected chi connectivity index (χ2v) is 9.77. The number of amides is 1. The lowest BCUT2D eigenvalue weighted by Gasteiger charge is -2.33. The van der Waals surface area contributed by atoms with Crippen molar-refractivity contribution >= 4 is 16.4 Å². The van der Waals surface area contributed by atoms with E-state index in [2.05, 4.69) is 18.8 Å². The molecule has 0 spiro atoms. The molecule has 0 saturated carbocycles. The van der Waals surface area contributed by atoms with Crippen LogP contribution in [0, 0.1) is 0 Å². The summed E-state index contributed by atoms with van der Waals surface area (Å²) in [5.74, 6) is 0.998. The second-order valence-electron chi connectivity index (χ2n) is 6.15. The molecule has 0 atom stereocenters. The van der Waals surface area contributed by atoms with E-state index in [0.29, 0.717) is 13.1 Å². The van der Waals surface area contributed by atoms with Crippen molar-refractivity contribution in [3.8, 4) is 0 Å². The molecule has 1 aliphatic heterocycles. The zero-order valence-electron chi connectivity index (χ0n) is 12.3. The van der Waals surface area contributed by atoms with E-state index in [-0.39, 0.29) is 6.09 Å². The Hall–Kier alpha value is -0.840. The zero-order valence-corrected chi connectivity index (χ0v) is 13.1. The van der Waals surface area contributed by atoms with Gasteiger partial charge in [-0.15, -0.1) is 10.3 Å². The highest BCUT2D eigenvalue weighted by Gasteiger charge is 2.24. The van der Waals surface area contributed by atoms with Gasteiger partial charge >= 0.3 is 6.09 Å². The molecule has 1 aliphatic rings. The Balaban J connectivity index is 2.50. The molecule has 1 heterocycles. The summed E-state index contributed by atoms with van der Waals surface area (Å²) in [7, 11) is -0.993. The van der Waals surface area contributed by atoms with Crippen LogP contribution in [0.3, 0.4) is 0 Å². The Kier molecular flexibility index (Phi) is 4.59. The zero-order chi connectivity index (χ0) is 14.0. The van der Waals surface area contributed by atoms with Crippen molar-refractivity contribution in [3.05, 3.63) is 11.8 Å². The van der Waals surface area contributed by atoms with Crippen molar-refractivity contribution in [1.82, 2.24) is 4.90 Å². The van der Waals surface area contributed by atoms with Crippen LogP contribution in [0.15, 0.2) is 11.8 Å². The molecule has 1 amide bonds. The summed E-state index contributed by atoms with van der Waals surface area (Å²) in [5, 5.41) is 0. The average molecular weight is 275 g/mol. The summed E-state index contributed by atoms with van der Waals surface area (Å²) in [6, 6.07) is 0. The minimum absolute atomic E-state index is 0.249. The smallest absolute Gasteiger partial charge is 0.410 e. The van der Waals surface area contributed by atoms with Crippen molar-refractivity contribution in [2.75, 3.05) is 31.9 Å². The first-order valence-electron chi connectivity index (χ1n) is 6.11. The fraction of sp³-hybridized carbons (Fsp3) is 0.769. The third kappa shape index (κ3) is 5.67. The molecule has 0 aromatic heterocycles. The van der Waals surface area contributed by atoms with Gasteiger partial charge in [0.2, 0.25) is 0 Å². The van der Waals surface area contributed by atoms with E-state index in [1.807, 2.05) is 26.8 Å². The predicted octanol–water partition coefficient (Wildman–Crippen LogP) is 3.14. The Labute approximate surface area is 112 Å². The van der Waals surface area contributed by atoms with Crippen LogP contribution in [0.4, 0.5) is 4.79 Å². The van der Waals surface area contributed by atoms with E-state index >= 15 is 0 Å². The highest BCUT2D eigenvalue weighted by atomic mass is 32.3. The van der Waals surface area contributed by atoms with Crippen molar-refractivity contribution in [3.63, 3.8) is 0 Å². The van der Waals surface area contributed by atoms with Crippen LogP contribution in [0.2, 0.25) is 0 Å². The summed E-state index contributed by atoms with van der Waals surface area (Å²) in [6.07, 6.45) is 8.81. The van der Waals surface area contributed by atoms with Crippen molar-refractivity contribution in [1.29, 1.82) is 0 Å². The predicted molar refractivity (Wildman–Crippen MR) is 77.0 cm³/mol. The first-order valence-corrected chi connectivity index (χ1v) is 8.90. The van der Waals surface area contributed by atoms with E-state index < -0.39 is 15.9 Å². The number of hydrogen-bond donors (Lipinski definition) is 0. The molecule has 106 valence electrons. The third-order valence-corrected chi connectivity index (χ3v) is 2.89. The minimum atomic E-state index is -0.993. The summed E-state index contributed by atoms with van der Waals surface area (Å²) in [6.45, 7) is 6.86. The largest absolute Gasteiger partial charge is 0.454 e. The molecular formula is C13H25NO3S. The van der Waals surface area contributed by atoms with Gasteiger partial charge in [-0.1, -0.05) is 0 Å². The van der Waals surface area contributed by atoms with E-state index in [0.717, 1.165) is 12.2 Å². The Morgan fingerprint density at radius 2 is 1.94 bits per heavy atom. The standard InChI is InChI=1S/C13H25NO3S/c1-13(2,3)16-12(15)14-9-7-11(8-10-14)17-18(4,5)6/h7H,8-10H2,1-6H3. The lowest BCUT2D eigenvalue weighted by molar-refractivity contribution is 0.0259. The van der Waals surface area contributed by atoms with Gasteiger partial charge in [0, 0.05) is 19.5 Å². The maximum atomic E-state index is 11.8. The third-order valence-electron chi connectivity index (χ3n) is 2.18. The lowest BCUT2D eigenvalue weighted by Crippen LogP contribution is -2.39. The fourth-order valence-corrected chi connectivity index (χ4v) is 2.33. The van der Waals surface area contributed by atoms with Gasteiger partial charge in [-0.05, 0) is 45.6 Å². The van der Waals surface area contributed by atoms with Gasteiger partial charge in [0.05, 0.1) is 0 Å². The summed E-state index contributed by atoms with van der Waals surface area (Å²) >= 11 is 0. The average Bonchev–Trinajstić information content (AvgIpc) is 2.13. The number of ether oxygens (including phenoxy) is 1. The monoisotopic (exact) mass is 275 g/mol. The van der Waals surface area contributed by atoms with E-state index in [9.17, 15) is 4.79 Å². The maximum Gasteiger partial charge on any atom is 0.410 e. The quantitative estimate of drug-likeness (QED) is 0.777. The number of carbonyl (C=O) groups excluding carboxylic acids is 1. The van der Waals surface area contributed by atoms with Gasteiger partial charge in [0.25, 0.3) is 0 Å². The van der Waals surface area contributed by atoms with Crippen molar-refractivity contribution < 1.29 is 13.7 Å². The normalized spacial score (nSPS) is 18.1. The SMILES string of the molecule is CC(C)(C)OC(=O)N1CC=C(OS(C)(C)C)CC1. The Bertz CT molecular complexity index is 339. The van der Waals surface area contributed by atoms with Crippen LogP contribution in [-0.4, -0.2) is 48.5 Å². The molecule has 18 heavy (non-hydrogen) atoms. The summed E-state index contributed by atoms with van der Waals surface area (Å²) in [4.78, 5) is 13.5.